The summed E-state index contributed by atoms with van der Waals surface area (Å²) >= 11 is 0. The molecule has 8 heteroatoms. The first kappa shape index (κ1) is 22.5. The minimum Gasteiger partial charge on any atom is -0.379 e. The summed E-state index contributed by atoms with van der Waals surface area (Å²) in [6.45, 7) is 7.58. The molecule has 0 rings (SSSR count). The Balaban J connectivity index is 3.40. The van der Waals surface area contributed by atoms with Gasteiger partial charge in [-0.3, -0.25) is 14.4 Å². The number of ether oxygens (including phenoxy) is 3. The molecular formula is C16H30N2O6. The zero-order valence-electron chi connectivity index (χ0n) is 14.9. The highest BCUT2D eigenvalue weighted by molar-refractivity contribution is 5.79. The van der Waals surface area contributed by atoms with Crippen molar-refractivity contribution in [1.29, 1.82) is 0 Å². The zero-order chi connectivity index (χ0) is 18.2. The highest BCUT2D eigenvalue weighted by Gasteiger charge is 2.04. The maximum Gasteiger partial charge on any atom is 0.222 e. The van der Waals surface area contributed by atoms with Crippen LogP contribution in [0.25, 0.3) is 0 Å². The molecular weight excluding hydrogens is 316 g/mol. The SMILES string of the molecule is CC(=O)COCCNC(=O)CCNC(=O)CCOCCOC(C)C. The second-order valence-corrected chi connectivity index (χ2v) is 5.49. The molecule has 0 aliphatic rings. The van der Waals surface area contributed by atoms with Gasteiger partial charge in [0.2, 0.25) is 11.8 Å². The number of amides is 2. The Bertz CT molecular complexity index is 374. The van der Waals surface area contributed by atoms with Gasteiger partial charge in [-0.1, -0.05) is 0 Å². The van der Waals surface area contributed by atoms with Crippen LogP contribution in [-0.2, 0) is 28.6 Å². The molecule has 0 aromatic carbocycles. The van der Waals surface area contributed by atoms with E-state index in [9.17, 15) is 14.4 Å². The second-order valence-electron chi connectivity index (χ2n) is 5.49. The van der Waals surface area contributed by atoms with Crippen LogP contribution in [0.5, 0.6) is 0 Å². The predicted octanol–water partition coefficient (Wildman–Crippen LogP) is 0.0462. The number of hydrogen-bond acceptors (Lipinski definition) is 6. The van der Waals surface area contributed by atoms with Crippen molar-refractivity contribution in [1.82, 2.24) is 10.6 Å². The lowest BCUT2D eigenvalue weighted by atomic mass is 10.3. The van der Waals surface area contributed by atoms with E-state index in [1.807, 2.05) is 13.8 Å². The summed E-state index contributed by atoms with van der Waals surface area (Å²) in [5, 5.41) is 5.29. The summed E-state index contributed by atoms with van der Waals surface area (Å²) in [7, 11) is 0. The third kappa shape index (κ3) is 16.9. The molecule has 0 saturated carbocycles. The third-order valence-corrected chi connectivity index (χ3v) is 2.70. The van der Waals surface area contributed by atoms with Crippen LogP contribution in [0.4, 0.5) is 0 Å². The van der Waals surface area contributed by atoms with E-state index >= 15 is 0 Å². The van der Waals surface area contributed by atoms with E-state index < -0.39 is 0 Å². The van der Waals surface area contributed by atoms with Gasteiger partial charge in [-0.05, 0) is 20.8 Å². The topological polar surface area (TPSA) is 103 Å². The fourth-order valence-electron chi connectivity index (χ4n) is 1.58. The maximum absolute atomic E-state index is 11.5. The van der Waals surface area contributed by atoms with Gasteiger partial charge in [-0.2, -0.15) is 0 Å². The summed E-state index contributed by atoms with van der Waals surface area (Å²) in [6, 6.07) is 0. The lowest BCUT2D eigenvalue weighted by Gasteiger charge is -2.09. The highest BCUT2D eigenvalue weighted by atomic mass is 16.5. The van der Waals surface area contributed by atoms with E-state index in [0.29, 0.717) is 26.4 Å². The van der Waals surface area contributed by atoms with Crippen molar-refractivity contribution in [2.75, 3.05) is 46.1 Å². The molecule has 0 saturated heterocycles. The summed E-state index contributed by atoms with van der Waals surface area (Å²) in [6.07, 6.45) is 0.618. The Morgan fingerprint density at radius 1 is 0.833 bits per heavy atom. The third-order valence-electron chi connectivity index (χ3n) is 2.70. The van der Waals surface area contributed by atoms with Crippen molar-refractivity contribution in [3.63, 3.8) is 0 Å². The van der Waals surface area contributed by atoms with E-state index in [0.717, 1.165) is 0 Å². The molecule has 0 fully saturated rings. The number of Topliss-reactive ketones (excluding diaryl/α,β-unsaturated/α-hetero) is 1. The average Bonchev–Trinajstić information content (AvgIpc) is 2.49. The van der Waals surface area contributed by atoms with Crippen LogP contribution in [0.3, 0.4) is 0 Å². The van der Waals surface area contributed by atoms with Crippen LogP contribution in [-0.4, -0.2) is 69.8 Å². The number of carbonyl (C=O) groups is 3. The van der Waals surface area contributed by atoms with Gasteiger partial charge >= 0.3 is 0 Å². The summed E-state index contributed by atoms with van der Waals surface area (Å²) in [5.41, 5.74) is 0. The Kier molecular flexibility index (Phi) is 14.1. The molecule has 24 heavy (non-hydrogen) atoms. The van der Waals surface area contributed by atoms with Crippen LogP contribution < -0.4 is 10.6 Å². The Labute approximate surface area is 143 Å². The Hall–Kier alpha value is -1.51. The van der Waals surface area contributed by atoms with Crippen LogP contribution in [0.2, 0.25) is 0 Å². The van der Waals surface area contributed by atoms with E-state index in [4.69, 9.17) is 14.2 Å². The fourth-order valence-corrected chi connectivity index (χ4v) is 1.58. The maximum atomic E-state index is 11.5. The molecule has 0 bridgehead atoms. The first-order valence-corrected chi connectivity index (χ1v) is 8.21. The minimum atomic E-state index is -0.177. The van der Waals surface area contributed by atoms with Crippen molar-refractivity contribution in [2.45, 2.75) is 39.7 Å². The molecule has 0 aromatic rings. The molecule has 0 aliphatic heterocycles. The molecule has 140 valence electrons. The van der Waals surface area contributed by atoms with Crippen LogP contribution in [0.15, 0.2) is 0 Å². The average molecular weight is 346 g/mol. The summed E-state index contributed by atoms with van der Waals surface area (Å²) in [5.74, 6) is -0.387. The molecule has 2 N–H and O–H groups in total. The predicted molar refractivity (Wildman–Crippen MR) is 88.7 cm³/mol. The highest BCUT2D eigenvalue weighted by Crippen LogP contribution is 1.89. The van der Waals surface area contributed by atoms with Gasteiger partial charge in [0.05, 0.1) is 32.5 Å². The van der Waals surface area contributed by atoms with Gasteiger partial charge in [-0.15, -0.1) is 0 Å². The normalized spacial score (nSPS) is 10.7. The molecule has 0 spiro atoms. The van der Waals surface area contributed by atoms with Crippen molar-refractivity contribution < 1.29 is 28.6 Å². The van der Waals surface area contributed by atoms with Crippen molar-refractivity contribution in [3.8, 4) is 0 Å². The monoisotopic (exact) mass is 346 g/mol. The fraction of sp³-hybridized carbons (Fsp3) is 0.812. The van der Waals surface area contributed by atoms with Crippen LogP contribution in [0.1, 0.15) is 33.6 Å². The van der Waals surface area contributed by atoms with Gasteiger partial charge < -0.3 is 24.8 Å². The van der Waals surface area contributed by atoms with Crippen LogP contribution >= 0.6 is 0 Å². The second kappa shape index (κ2) is 15.0. The quantitative estimate of drug-likeness (QED) is 0.406. The number of carbonyl (C=O) groups excluding carboxylic acids is 3. The van der Waals surface area contributed by atoms with E-state index in [1.54, 1.807) is 0 Å². The smallest absolute Gasteiger partial charge is 0.222 e. The van der Waals surface area contributed by atoms with Gasteiger partial charge in [0.25, 0.3) is 0 Å². The zero-order valence-corrected chi connectivity index (χ0v) is 14.9. The number of ketones is 1. The molecule has 2 amide bonds. The number of hydrogen-bond donors (Lipinski definition) is 2. The van der Waals surface area contributed by atoms with Crippen molar-refractivity contribution in [3.05, 3.63) is 0 Å². The molecule has 8 nitrogen and oxygen atoms in total. The standard InChI is InChI=1S/C16H30N2O6/c1-13(2)24-11-10-22-8-5-16(21)17-6-4-15(20)18-7-9-23-12-14(3)19/h13H,4-12H2,1-3H3,(H,17,21)(H,18,20). The van der Waals surface area contributed by atoms with Crippen molar-refractivity contribution in [2.24, 2.45) is 0 Å². The van der Waals surface area contributed by atoms with Gasteiger partial charge in [0.15, 0.2) is 5.78 Å². The minimum absolute atomic E-state index is 0.0532. The van der Waals surface area contributed by atoms with Gasteiger partial charge in [0, 0.05) is 25.9 Å². The molecule has 0 aliphatic carbocycles. The molecule has 0 radical (unpaired) electrons. The van der Waals surface area contributed by atoms with Crippen LogP contribution in [0, 0.1) is 0 Å². The molecule has 0 unspecified atom stereocenters. The Morgan fingerprint density at radius 3 is 2.17 bits per heavy atom. The van der Waals surface area contributed by atoms with Crippen molar-refractivity contribution >= 4 is 17.6 Å². The lowest BCUT2D eigenvalue weighted by Crippen LogP contribution is -2.32. The van der Waals surface area contributed by atoms with Gasteiger partial charge in [0.1, 0.15) is 6.61 Å². The largest absolute Gasteiger partial charge is 0.379 e. The van der Waals surface area contributed by atoms with E-state index in [2.05, 4.69) is 10.6 Å². The van der Waals surface area contributed by atoms with Gasteiger partial charge in [-0.25, -0.2) is 0 Å². The van der Waals surface area contributed by atoms with E-state index in [1.165, 1.54) is 6.92 Å². The first-order chi connectivity index (χ1) is 11.4. The number of rotatable bonds is 15. The lowest BCUT2D eigenvalue weighted by molar-refractivity contribution is -0.123. The molecule has 0 heterocycles. The Morgan fingerprint density at radius 2 is 1.50 bits per heavy atom. The molecule has 0 atom stereocenters. The van der Waals surface area contributed by atoms with E-state index in [-0.39, 0.29) is 56.3 Å². The molecule has 0 aromatic heterocycles. The summed E-state index contributed by atoms with van der Waals surface area (Å²) in [4.78, 5) is 33.6. The first-order valence-electron chi connectivity index (χ1n) is 8.21. The number of nitrogens with one attached hydrogen (secondary N) is 2. The summed E-state index contributed by atoms with van der Waals surface area (Å²) < 4.78 is 15.6.